The van der Waals surface area contributed by atoms with Crippen molar-refractivity contribution in [1.29, 1.82) is 0 Å². The molecule has 49 heavy (non-hydrogen) atoms. The Bertz CT molecular complexity index is 2820. The number of imidazole rings is 1. The van der Waals surface area contributed by atoms with Crippen LogP contribution in [-0.2, 0) is 0 Å². The molecule has 0 saturated carbocycles. The van der Waals surface area contributed by atoms with Gasteiger partial charge in [-0.15, -0.1) is 0 Å². The van der Waals surface area contributed by atoms with Crippen LogP contribution in [0.15, 0.2) is 126 Å². The Balaban J connectivity index is 1.32. The van der Waals surface area contributed by atoms with Crippen LogP contribution in [-0.4, -0.2) is 14.5 Å². The fraction of sp³-hybridized carbons (Fsp3) is 0.156. The molecule has 9 aromatic rings. The molecular weight excluding hydrogens is 599 g/mol. The molecule has 0 fully saturated rings. The minimum Gasteiger partial charge on any atom is -0.455 e. The maximum atomic E-state index is 7.85. The van der Waals surface area contributed by atoms with E-state index in [-0.39, 0.29) is 17.5 Å². The molecule has 6 aromatic carbocycles. The second kappa shape index (κ2) is 11.2. The molecule has 0 spiro atoms. The van der Waals surface area contributed by atoms with Crippen molar-refractivity contribution >= 4 is 54.6 Å². The maximum absolute atomic E-state index is 7.85. The SMILES string of the molecule is [2H]C([2H])([2H])c1ccc2c(ccc3cc4oc5c(-c6nc7ccccc7n6-c6c(C(C)C)cc(-c7ccccc7)cc6C(C)C)cccc5c4cc32)n1. The molecule has 0 radical (unpaired) electrons. The van der Waals surface area contributed by atoms with E-state index in [9.17, 15) is 0 Å². The normalized spacial score (nSPS) is 13.3. The van der Waals surface area contributed by atoms with Crippen LogP contribution < -0.4 is 0 Å². The van der Waals surface area contributed by atoms with E-state index < -0.39 is 6.85 Å². The van der Waals surface area contributed by atoms with Gasteiger partial charge in [0, 0.05) is 26.0 Å². The Kier molecular flexibility index (Phi) is 5.98. The molecule has 9 rings (SSSR count). The highest BCUT2D eigenvalue weighted by Crippen LogP contribution is 2.43. The Hall–Kier alpha value is -5.74. The fourth-order valence-electron chi connectivity index (χ4n) is 7.45. The van der Waals surface area contributed by atoms with E-state index in [1.807, 2.05) is 24.3 Å². The second-order valence-corrected chi connectivity index (χ2v) is 13.6. The summed E-state index contributed by atoms with van der Waals surface area (Å²) in [5, 5.41) is 4.87. The fourth-order valence-corrected chi connectivity index (χ4v) is 7.45. The summed E-state index contributed by atoms with van der Waals surface area (Å²) in [6, 6.07) is 41.6. The molecule has 0 bridgehead atoms. The topological polar surface area (TPSA) is 43.9 Å². The van der Waals surface area contributed by atoms with E-state index in [1.54, 1.807) is 6.07 Å². The van der Waals surface area contributed by atoms with Gasteiger partial charge in [0.1, 0.15) is 17.0 Å². The summed E-state index contributed by atoms with van der Waals surface area (Å²) in [5.74, 6) is 1.33. The van der Waals surface area contributed by atoms with E-state index in [0.717, 1.165) is 60.5 Å². The van der Waals surface area contributed by atoms with Gasteiger partial charge < -0.3 is 4.42 Å². The first-order chi connectivity index (χ1) is 25.1. The van der Waals surface area contributed by atoms with Gasteiger partial charge in [-0.25, -0.2) is 4.98 Å². The Morgan fingerprint density at radius 3 is 2.16 bits per heavy atom. The smallest absolute Gasteiger partial charge is 0.149 e. The van der Waals surface area contributed by atoms with Gasteiger partial charge in [-0.2, -0.15) is 0 Å². The summed E-state index contributed by atoms with van der Waals surface area (Å²) in [6.45, 7) is 6.81. The zero-order valence-electron chi connectivity index (χ0n) is 31.0. The van der Waals surface area contributed by atoms with Crippen molar-refractivity contribution in [3.63, 3.8) is 0 Å². The summed E-state index contributed by atoms with van der Waals surface area (Å²) in [4.78, 5) is 9.84. The van der Waals surface area contributed by atoms with Crippen molar-refractivity contribution in [1.82, 2.24) is 14.5 Å². The van der Waals surface area contributed by atoms with Crippen molar-refractivity contribution < 1.29 is 8.53 Å². The number of furan rings is 1. The van der Waals surface area contributed by atoms with Crippen molar-refractivity contribution in [2.24, 2.45) is 0 Å². The van der Waals surface area contributed by atoms with Crippen molar-refractivity contribution in [2.45, 2.75) is 46.4 Å². The number of aromatic nitrogens is 3. The number of fused-ring (bicyclic) bond motifs is 7. The predicted molar refractivity (Wildman–Crippen MR) is 205 cm³/mol. The maximum Gasteiger partial charge on any atom is 0.149 e. The number of aryl methyl sites for hydroxylation is 1. The first-order valence-corrected chi connectivity index (χ1v) is 17.0. The molecule has 238 valence electrons. The Morgan fingerprint density at radius 1 is 0.612 bits per heavy atom. The average Bonchev–Trinajstić information content (AvgIpc) is 3.71. The summed E-state index contributed by atoms with van der Waals surface area (Å²) in [6.07, 6.45) is 0. The molecule has 0 aliphatic heterocycles. The Labute approximate surface area is 289 Å². The molecule has 0 atom stereocenters. The average molecular weight is 639 g/mol. The zero-order valence-corrected chi connectivity index (χ0v) is 28.0. The number of pyridine rings is 1. The standard InChI is InChI=1S/C45H37N3O/c1-26(2)35-22-31(29-12-7-6-8-13-29)23-36(27(3)4)43(35)48-41-17-10-9-16-40(41)47-45(48)34-15-11-14-33-38-25-37-30(24-42(38)49-44(33)34)19-21-39-32(37)20-18-28(5)46-39/h6-27H,1-5H3/i5D3. The van der Waals surface area contributed by atoms with Crippen molar-refractivity contribution in [2.75, 3.05) is 0 Å². The van der Waals surface area contributed by atoms with Crippen LogP contribution in [0.4, 0.5) is 0 Å². The molecule has 3 heterocycles. The van der Waals surface area contributed by atoms with Crippen LogP contribution in [0.3, 0.4) is 0 Å². The third-order valence-corrected chi connectivity index (χ3v) is 9.85. The Morgan fingerprint density at radius 2 is 1.39 bits per heavy atom. The lowest BCUT2D eigenvalue weighted by Crippen LogP contribution is -2.09. The van der Waals surface area contributed by atoms with Gasteiger partial charge in [-0.05, 0) is 106 Å². The summed E-state index contributed by atoms with van der Waals surface area (Å²) in [5.41, 5.74) is 11.3. The van der Waals surface area contributed by atoms with Gasteiger partial charge in [0.2, 0.25) is 0 Å². The van der Waals surface area contributed by atoms with Crippen LogP contribution >= 0.6 is 0 Å². The lowest BCUT2D eigenvalue weighted by molar-refractivity contribution is 0.670. The number of para-hydroxylation sites is 3. The lowest BCUT2D eigenvalue weighted by Gasteiger charge is -2.24. The van der Waals surface area contributed by atoms with E-state index in [1.165, 1.54) is 27.9 Å². The molecule has 0 aliphatic carbocycles. The monoisotopic (exact) mass is 638 g/mol. The summed E-state index contributed by atoms with van der Waals surface area (Å²) < 4.78 is 32.7. The highest BCUT2D eigenvalue weighted by molar-refractivity contribution is 6.17. The van der Waals surface area contributed by atoms with Gasteiger partial charge in [0.15, 0.2) is 0 Å². The summed E-state index contributed by atoms with van der Waals surface area (Å²) >= 11 is 0. The number of nitrogens with zero attached hydrogens (tertiary/aromatic N) is 3. The van der Waals surface area contributed by atoms with Crippen LogP contribution in [0.5, 0.6) is 0 Å². The molecule has 0 saturated heterocycles. The molecule has 0 aliphatic rings. The first-order valence-electron chi connectivity index (χ1n) is 18.5. The highest BCUT2D eigenvalue weighted by atomic mass is 16.3. The van der Waals surface area contributed by atoms with Gasteiger partial charge in [-0.1, -0.05) is 94.4 Å². The predicted octanol–water partition coefficient (Wildman–Crippen LogP) is 12.5. The zero-order chi connectivity index (χ0) is 35.9. The molecule has 3 aromatic heterocycles. The van der Waals surface area contributed by atoms with Crippen molar-refractivity contribution in [3.05, 3.63) is 138 Å². The number of hydrogen-bond acceptors (Lipinski definition) is 3. The van der Waals surface area contributed by atoms with E-state index in [2.05, 4.69) is 128 Å². The molecule has 0 amide bonds. The van der Waals surface area contributed by atoms with Crippen LogP contribution in [0.25, 0.3) is 82.8 Å². The largest absolute Gasteiger partial charge is 0.455 e. The molecular formula is C45H37N3O. The molecule has 0 unspecified atom stereocenters. The molecule has 4 heteroatoms. The number of rotatable bonds is 5. The third kappa shape index (κ3) is 4.66. The first kappa shape index (κ1) is 26.2. The van der Waals surface area contributed by atoms with E-state index in [0.29, 0.717) is 5.52 Å². The lowest BCUT2D eigenvalue weighted by atomic mass is 9.88. The molecule has 0 N–H and O–H groups in total. The van der Waals surface area contributed by atoms with Gasteiger partial charge in [0.25, 0.3) is 0 Å². The third-order valence-electron chi connectivity index (χ3n) is 9.85. The van der Waals surface area contributed by atoms with Crippen LogP contribution in [0, 0.1) is 6.85 Å². The van der Waals surface area contributed by atoms with E-state index in [4.69, 9.17) is 13.5 Å². The van der Waals surface area contributed by atoms with Gasteiger partial charge >= 0.3 is 0 Å². The second-order valence-electron chi connectivity index (χ2n) is 13.6. The number of benzene rings is 6. The van der Waals surface area contributed by atoms with E-state index >= 15 is 0 Å². The summed E-state index contributed by atoms with van der Waals surface area (Å²) in [7, 11) is 0. The minimum atomic E-state index is -2.27. The van der Waals surface area contributed by atoms with Crippen LogP contribution in [0.1, 0.15) is 60.5 Å². The van der Waals surface area contributed by atoms with Gasteiger partial charge in [-0.3, -0.25) is 9.55 Å². The quantitative estimate of drug-likeness (QED) is 0.176. The highest BCUT2D eigenvalue weighted by Gasteiger charge is 2.25. The van der Waals surface area contributed by atoms with Gasteiger partial charge in [0.05, 0.1) is 27.8 Å². The molecule has 4 nitrogen and oxygen atoms in total. The van der Waals surface area contributed by atoms with Crippen LogP contribution in [0.2, 0.25) is 0 Å². The number of hydrogen-bond donors (Lipinski definition) is 0. The van der Waals surface area contributed by atoms with Crippen molar-refractivity contribution in [3.8, 4) is 28.2 Å². The minimum absolute atomic E-state index is 0.0951.